The van der Waals surface area contributed by atoms with Crippen molar-refractivity contribution >= 4 is 28.8 Å². The number of nitrogens with one attached hydrogen (secondary N) is 3. The third-order valence-corrected chi connectivity index (χ3v) is 5.06. The molecule has 4 aromatic heterocycles. The molecule has 0 unspecified atom stereocenters. The maximum absolute atomic E-state index is 12.2. The van der Waals surface area contributed by atoms with Gasteiger partial charge in [-0.15, -0.1) is 11.3 Å². The van der Waals surface area contributed by atoms with E-state index in [1.54, 1.807) is 18.6 Å². The fourth-order valence-electron chi connectivity index (χ4n) is 2.55. The highest BCUT2D eigenvalue weighted by Crippen LogP contribution is 2.24. The molecule has 0 aliphatic carbocycles. The normalized spacial score (nSPS) is 10.8. The molecule has 0 aliphatic heterocycles. The van der Waals surface area contributed by atoms with Gasteiger partial charge >= 0.3 is 0 Å². The Morgan fingerprint density at radius 2 is 2.12 bits per heavy atom. The van der Waals surface area contributed by atoms with Crippen LogP contribution in [0.5, 0.6) is 0 Å². The van der Waals surface area contributed by atoms with E-state index >= 15 is 0 Å². The highest BCUT2D eigenvalue weighted by molar-refractivity contribution is 7.16. The molecule has 4 aromatic rings. The molecule has 0 bridgehead atoms. The van der Waals surface area contributed by atoms with Crippen LogP contribution in [0.3, 0.4) is 0 Å². The standard InChI is InChI=1S/C18H14ClN5OS/c19-16-4-3-13(26-16)10-21-17-7-15(23-24-17)14-6-12(9-22-18(14)25)11-2-1-5-20-8-11/h1-9H,10H2,(H,22,25)(H2,21,23,24). The number of halogens is 1. The minimum absolute atomic E-state index is 0.194. The van der Waals surface area contributed by atoms with Crippen molar-refractivity contribution in [1.29, 1.82) is 0 Å². The predicted molar refractivity (Wildman–Crippen MR) is 105 cm³/mol. The van der Waals surface area contributed by atoms with Crippen molar-refractivity contribution < 1.29 is 0 Å². The first-order chi connectivity index (χ1) is 12.7. The van der Waals surface area contributed by atoms with Gasteiger partial charge in [-0.1, -0.05) is 17.7 Å². The number of thiophene rings is 1. The average Bonchev–Trinajstić information content (AvgIpc) is 3.30. The third-order valence-electron chi connectivity index (χ3n) is 3.83. The van der Waals surface area contributed by atoms with Crippen LogP contribution in [0, 0.1) is 0 Å². The Kier molecular flexibility index (Phi) is 4.55. The number of aromatic amines is 2. The van der Waals surface area contributed by atoms with Crippen molar-refractivity contribution in [1.82, 2.24) is 20.2 Å². The van der Waals surface area contributed by atoms with E-state index in [4.69, 9.17) is 11.6 Å². The van der Waals surface area contributed by atoms with Gasteiger partial charge < -0.3 is 10.3 Å². The average molecular weight is 384 g/mol. The van der Waals surface area contributed by atoms with Gasteiger partial charge in [-0.05, 0) is 24.3 Å². The maximum atomic E-state index is 12.2. The molecule has 0 spiro atoms. The topological polar surface area (TPSA) is 86.5 Å². The molecule has 0 saturated heterocycles. The van der Waals surface area contributed by atoms with Crippen molar-refractivity contribution in [2.24, 2.45) is 0 Å². The molecule has 0 aliphatic rings. The van der Waals surface area contributed by atoms with E-state index < -0.39 is 0 Å². The SMILES string of the molecule is O=c1[nH]cc(-c2cccnc2)cc1-c1cc(NCc2ccc(Cl)s2)[nH]n1. The van der Waals surface area contributed by atoms with Crippen molar-refractivity contribution in [2.45, 2.75) is 6.54 Å². The molecular formula is C18H14ClN5OS. The summed E-state index contributed by atoms with van der Waals surface area (Å²) in [7, 11) is 0. The summed E-state index contributed by atoms with van der Waals surface area (Å²) >= 11 is 7.46. The largest absolute Gasteiger partial charge is 0.366 e. The summed E-state index contributed by atoms with van der Waals surface area (Å²) in [5, 5.41) is 10.4. The Bertz CT molecular complexity index is 1090. The molecule has 26 heavy (non-hydrogen) atoms. The Hall–Kier alpha value is -2.90. The summed E-state index contributed by atoms with van der Waals surface area (Å²) in [6.45, 7) is 0.630. The summed E-state index contributed by atoms with van der Waals surface area (Å²) in [5.41, 5.74) is 2.67. The number of H-pyrrole nitrogens is 2. The van der Waals surface area contributed by atoms with E-state index in [0.717, 1.165) is 26.2 Å². The second-order valence-corrected chi connectivity index (χ2v) is 7.40. The number of nitrogens with zero attached hydrogens (tertiary/aromatic N) is 2. The smallest absolute Gasteiger partial charge is 0.257 e. The van der Waals surface area contributed by atoms with Crippen LogP contribution >= 0.6 is 22.9 Å². The molecule has 3 N–H and O–H groups in total. The number of rotatable bonds is 5. The van der Waals surface area contributed by atoms with Crippen LogP contribution in [0.15, 0.2) is 59.8 Å². The van der Waals surface area contributed by atoms with Crippen molar-refractivity contribution in [2.75, 3.05) is 5.32 Å². The molecule has 0 aromatic carbocycles. The molecule has 0 saturated carbocycles. The van der Waals surface area contributed by atoms with Crippen LogP contribution in [0.1, 0.15) is 4.88 Å². The molecule has 6 nitrogen and oxygen atoms in total. The lowest BCUT2D eigenvalue weighted by Gasteiger charge is -2.02. The van der Waals surface area contributed by atoms with Gasteiger partial charge in [0.15, 0.2) is 0 Å². The maximum Gasteiger partial charge on any atom is 0.257 e. The van der Waals surface area contributed by atoms with Crippen molar-refractivity contribution in [3.63, 3.8) is 0 Å². The molecule has 4 heterocycles. The summed E-state index contributed by atoms with van der Waals surface area (Å²) < 4.78 is 0.755. The van der Waals surface area contributed by atoms with Gasteiger partial charge in [0.1, 0.15) is 5.82 Å². The number of pyridine rings is 2. The van der Waals surface area contributed by atoms with Gasteiger partial charge in [-0.2, -0.15) is 5.10 Å². The Balaban J connectivity index is 1.58. The third kappa shape index (κ3) is 3.54. The van der Waals surface area contributed by atoms with E-state index in [0.29, 0.717) is 17.8 Å². The van der Waals surface area contributed by atoms with Crippen LogP contribution in [0.4, 0.5) is 5.82 Å². The molecule has 4 rings (SSSR count). The van der Waals surface area contributed by atoms with Gasteiger partial charge in [0.2, 0.25) is 0 Å². The molecule has 0 atom stereocenters. The lowest BCUT2D eigenvalue weighted by Crippen LogP contribution is -2.08. The van der Waals surface area contributed by atoms with Gasteiger partial charge in [0.25, 0.3) is 5.56 Å². The highest BCUT2D eigenvalue weighted by atomic mass is 35.5. The molecule has 0 fully saturated rings. The molecule has 8 heteroatoms. The number of hydrogen-bond donors (Lipinski definition) is 3. The van der Waals surface area contributed by atoms with E-state index in [9.17, 15) is 4.79 Å². The minimum Gasteiger partial charge on any atom is -0.366 e. The second-order valence-electron chi connectivity index (χ2n) is 5.60. The van der Waals surface area contributed by atoms with Gasteiger partial charge in [-0.25, -0.2) is 0 Å². The summed E-state index contributed by atoms with van der Waals surface area (Å²) in [6, 6.07) is 11.3. The van der Waals surface area contributed by atoms with Gasteiger partial charge in [0.05, 0.1) is 22.1 Å². The van der Waals surface area contributed by atoms with Crippen LogP contribution in [-0.2, 0) is 6.54 Å². The molecule has 0 radical (unpaired) electrons. The fraction of sp³-hybridized carbons (Fsp3) is 0.0556. The Labute approximate surface area is 157 Å². The van der Waals surface area contributed by atoms with E-state index in [-0.39, 0.29) is 5.56 Å². The van der Waals surface area contributed by atoms with Crippen LogP contribution in [0.2, 0.25) is 4.34 Å². The molecule has 130 valence electrons. The highest BCUT2D eigenvalue weighted by Gasteiger charge is 2.10. The van der Waals surface area contributed by atoms with Crippen LogP contribution in [-0.4, -0.2) is 20.2 Å². The lowest BCUT2D eigenvalue weighted by atomic mass is 10.1. The second kappa shape index (κ2) is 7.15. The zero-order valence-electron chi connectivity index (χ0n) is 13.5. The quantitative estimate of drug-likeness (QED) is 0.483. The lowest BCUT2D eigenvalue weighted by molar-refractivity contribution is 1.06. The van der Waals surface area contributed by atoms with E-state index in [1.165, 1.54) is 11.3 Å². The summed E-state index contributed by atoms with van der Waals surface area (Å²) in [4.78, 5) is 20.2. The molecular weight excluding hydrogens is 370 g/mol. The van der Waals surface area contributed by atoms with Gasteiger partial charge in [-0.3, -0.25) is 14.9 Å². The monoisotopic (exact) mass is 383 g/mol. The van der Waals surface area contributed by atoms with Crippen LogP contribution in [0.25, 0.3) is 22.4 Å². The number of aromatic nitrogens is 4. The molecule has 0 amide bonds. The summed E-state index contributed by atoms with van der Waals surface area (Å²) in [6.07, 6.45) is 5.14. The first kappa shape index (κ1) is 16.6. The summed E-state index contributed by atoms with van der Waals surface area (Å²) in [5.74, 6) is 0.732. The predicted octanol–water partition coefficient (Wildman–Crippen LogP) is 4.15. The van der Waals surface area contributed by atoms with Gasteiger partial charge in [0, 0.05) is 40.7 Å². The fourth-order valence-corrected chi connectivity index (χ4v) is 3.58. The zero-order chi connectivity index (χ0) is 17.9. The Morgan fingerprint density at radius 1 is 1.19 bits per heavy atom. The number of anilines is 1. The van der Waals surface area contributed by atoms with Crippen molar-refractivity contribution in [3.8, 4) is 22.4 Å². The van der Waals surface area contributed by atoms with Crippen LogP contribution < -0.4 is 10.9 Å². The first-order valence-corrected chi connectivity index (χ1v) is 9.05. The first-order valence-electron chi connectivity index (χ1n) is 7.86. The minimum atomic E-state index is -0.194. The Morgan fingerprint density at radius 3 is 2.88 bits per heavy atom. The zero-order valence-corrected chi connectivity index (χ0v) is 15.1. The van der Waals surface area contributed by atoms with E-state index in [1.807, 2.05) is 36.4 Å². The van der Waals surface area contributed by atoms with E-state index in [2.05, 4.69) is 25.5 Å². The number of hydrogen-bond acceptors (Lipinski definition) is 5. The van der Waals surface area contributed by atoms with Crippen molar-refractivity contribution in [3.05, 3.63) is 74.6 Å².